The quantitative estimate of drug-likeness (QED) is 0.542. The summed E-state index contributed by atoms with van der Waals surface area (Å²) in [6.45, 7) is -0.101. The number of benzene rings is 2. The van der Waals surface area contributed by atoms with E-state index in [-0.39, 0.29) is 18.4 Å². The number of nitrogens with one attached hydrogen (secondary N) is 1. The fraction of sp³-hybridized carbons (Fsp3) is 0.211. The first-order valence-corrected chi connectivity index (χ1v) is 10.4. The molecule has 30 heavy (non-hydrogen) atoms. The van der Waals surface area contributed by atoms with Crippen LogP contribution >= 0.6 is 27.7 Å². The number of anilines is 1. The van der Waals surface area contributed by atoms with Gasteiger partial charge in [0.05, 0.1) is 5.69 Å². The zero-order valence-electron chi connectivity index (χ0n) is 16.5. The van der Waals surface area contributed by atoms with Crippen LogP contribution in [0.2, 0.25) is 0 Å². The van der Waals surface area contributed by atoms with Crippen LogP contribution in [0, 0.1) is 0 Å². The van der Waals surface area contributed by atoms with Gasteiger partial charge in [-0.25, -0.2) is 4.68 Å². The number of ether oxygens (including phenoxy) is 1. The molecular weight excluding hydrogens is 472 g/mol. The maximum atomic E-state index is 12.8. The van der Waals surface area contributed by atoms with Crippen molar-refractivity contribution >= 4 is 45.2 Å². The first-order valence-electron chi connectivity index (χ1n) is 8.77. The van der Waals surface area contributed by atoms with Crippen LogP contribution in [0.3, 0.4) is 0 Å². The second kappa shape index (κ2) is 9.72. The molecule has 1 N–H and O–H groups in total. The second-order valence-corrected chi connectivity index (χ2v) is 8.31. The molecular formula is C19H19BrN6O3S. The van der Waals surface area contributed by atoms with Gasteiger partial charge in [-0.2, -0.15) is 0 Å². The van der Waals surface area contributed by atoms with Crippen molar-refractivity contribution in [3.63, 3.8) is 0 Å². The topological polar surface area (TPSA) is 102 Å². The largest absolute Gasteiger partial charge is 0.484 e. The van der Waals surface area contributed by atoms with Gasteiger partial charge in [0.2, 0.25) is 5.16 Å². The highest BCUT2D eigenvalue weighted by molar-refractivity contribution is 9.10. The Morgan fingerprint density at radius 2 is 2.03 bits per heavy atom. The molecule has 0 aliphatic rings. The summed E-state index contributed by atoms with van der Waals surface area (Å²) < 4.78 is 7.86. The Kier molecular flexibility index (Phi) is 7.06. The maximum absolute atomic E-state index is 12.8. The summed E-state index contributed by atoms with van der Waals surface area (Å²) in [6.07, 6.45) is 0. The molecule has 2 amide bonds. The van der Waals surface area contributed by atoms with E-state index in [0.29, 0.717) is 22.2 Å². The summed E-state index contributed by atoms with van der Waals surface area (Å²) in [7, 11) is 5.05. The summed E-state index contributed by atoms with van der Waals surface area (Å²) >= 11 is 4.77. The van der Waals surface area contributed by atoms with Gasteiger partial charge < -0.3 is 15.0 Å². The fourth-order valence-electron chi connectivity index (χ4n) is 2.29. The molecule has 0 spiro atoms. The molecule has 3 rings (SSSR count). The first kappa shape index (κ1) is 21.8. The lowest BCUT2D eigenvalue weighted by molar-refractivity contribution is -0.130. The second-order valence-electron chi connectivity index (χ2n) is 6.39. The summed E-state index contributed by atoms with van der Waals surface area (Å²) in [5.74, 6) is -0.0406. The van der Waals surface area contributed by atoms with E-state index in [4.69, 9.17) is 4.74 Å². The van der Waals surface area contributed by atoms with Crippen LogP contribution in [0.25, 0.3) is 0 Å². The van der Waals surface area contributed by atoms with Gasteiger partial charge >= 0.3 is 0 Å². The average molecular weight is 491 g/mol. The lowest BCUT2D eigenvalue weighted by Gasteiger charge is -2.13. The van der Waals surface area contributed by atoms with E-state index in [9.17, 15) is 9.59 Å². The Bertz CT molecular complexity index is 1070. The van der Waals surface area contributed by atoms with Gasteiger partial charge in [-0.3, -0.25) is 9.59 Å². The van der Waals surface area contributed by atoms with Gasteiger partial charge in [-0.1, -0.05) is 22.0 Å². The van der Waals surface area contributed by atoms with E-state index < -0.39 is 0 Å². The standard InChI is InChI=1S/C19H19BrN6O3S/c1-25(2)17(27)11-29-14-6-4-5-12(9-14)18(28)21-15-10-13(20)7-8-16(15)30-19-22-23-24-26(19)3/h4-10H,11H2,1-3H3,(H,21,28). The normalized spacial score (nSPS) is 10.5. The number of tetrazole rings is 1. The highest BCUT2D eigenvalue weighted by Gasteiger charge is 2.14. The van der Waals surface area contributed by atoms with Gasteiger partial charge in [-0.05, 0) is 58.6 Å². The highest BCUT2D eigenvalue weighted by Crippen LogP contribution is 2.34. The first-order chi connectivity index (χ1) is 14.3. The molecule has 0 saturated heterocycles. The van der Waals surface area contributed by atoms with Crippen LogP contribution in [-0.4, -0.2) is 57.6 Å². The summed E-state index contributed by atoms with van der Waals surface area (Å²) in [4.78, 5) is 26.8. The molecule has 0 saturated carbocycles. The third-order valence-electron chi connectivity index (χ3n) is 3.93. The van der Waals surface area contributed by atoms with Gasteiger partial charge in [0, 0.05) is 36.1 Å². The van der Waals surface area contributed by atoms with Crippen molar-refractivity contribution in [2.75, 3.05) is 26.0 Å². The van der Waals surface area contributed by atoms with Crippen LogP contribution in [0.4, 0.5) is 5.69 Å². The molecule has 0 bridgehead atoms. The third kappa shape index (κ3) is 5.57. The van der Waals surface area contributed by atoms with Crippen molar-refractivity contribution in [3.8, 4) is 5.75 Å². The van der Waals surface area contributed by atoms with Gasteiger partial charge in [0.25, 0.3) is 11.8 Å². The van der Waals surface area contributed by atoms with Crippen LogP contribution in [0.15, 0.2) is 57.0 Å². The molecule has 11 heteroatoms. The lowest BCUT2D eigenvalue weighted by Crippen LogP contribution is -2.27. The van der Waals surface area contributed by atoms with Crippen LogP contribution < -0.4 is 10.1 Å². The molecule has 2 aromatic carbocycles. The average Bonchev–Trinajstić information content (AvgIpc) is 3.12. The molecule has 0 aliphatic heterocycles. The number of rotatable bonds is 7. The van der Waals surface area contributed by atoms with E-state index in [1.54, 1.807) is 56.2 Å². The minimum atomic E-state index is -0.310. The number of carbonyl (C=O) groups is 2. The Morgan fingerprint density at radius 1 is 1.23 bits per heavy atom. The summed E-state index contributed by atoms with van der Waals surface area (Å²) in [5.41, 5.74) is 1.01. The van der Waals surface area contributed by atoms with Gasteiger partial charge in [0.1, 0.15) is 5.75 Å². The van der Waals surface area contributed by atoms with Crippen molar-refractivity contribution in [1.82, 2.24) is 25.1 Å². The predicted octanol–water partition coefficient (Wildman–Crippen LogP) is 2.84. The number of aryl methyl sites for hydroxylation is 1. The smallest absolute Gasteiger partial charge is 0.259 e. The van der Waals surface area contributed by atoms with Crippen molar-refractivity contribution < 1.29 is 14.3 Å². The number of likely N-dealkylation sites (N-methyl/N-ethyl adjacent to an activating group) is 1. The lowest BCUT2D eigenvalue weighted by atomic mass is 10.2. The van der Waals surface area contributed by atoms with E-state index in [1.807, 2.05) is 12.1 Å². The van der Waals surface area contributed by atoms with E-state index in [2.05, 4.69) is 36.8 Å². The van der Waals surface area contributed by atoms with Crippen molar-refractivity contribution in [2.45, 2.75) is 10.1 Å². The Morgan fingerprint density at radius 3 is 2.73 bits per heavy atom. The zero-order valence-corrected chi connectivity index (χ0v) is 18.9. The molecule has 1 aromatic heterocycles. The SMILES string of the molecule is CN(C)C(=O)COc1cccc(C(=O)Nc2cc(Br)ccc2Sc2nnnn2C)c1. The molecule has 0 atom stereocenters. The monoisotopic (exact) mass is 490 g/mol. The number of hydrogen-bond acceptors (Lipinski definition) is 7. The number of hydrogen-bond donors (Lipinski definition) is 1. The van der Waals surface area contributed by atoms with Crippen molar-refractivity contribution in [2.24, 2.45) is 7.05 Å². The molecule has 0 fully saturated rings. The summed E-state index contributed by atoms with van der Waals surface area (Å²) in [6, 6.07) is 12.2. The molecule has 0 radical (unpaired) electrons. The number of amides is 2. The zero-order chi connectivity index (χ0) is 21.7. The Hall–Kier alpha value is -2.92. The maximum Gasteiger partial charge on any atom is 0.259 e. The third-order valence-corrected chi connectivity index (χ3v) is 5.53. The van der Waals surface area contributed by atoms with E-state index in [0.717, 1.165) is 9.37 Å². The van der Waals surface area contributed by atoms with Gasteiger partial charge in [-0.15, -0.1) is 5.10 Å². The van der Waals surface area contributed by atoms with Crippen molar-refractivity contribution in [1.29, 1.82) is 0 Å². The van der Waals surface area contributed by atoms with E-state index >= 15 is 0 Å². The fourth-order valence-corrected chi connectivity index (χ4v) is 3.45. The van der Waals surface area contributed by atoms with Crippen molar-refractivity contribution in [3.05, 3.63) is 52.5 Å². The summed E-state index contributed by atoms with van der Waals surface area (Å²) in [5, 5.41) is 14.9. The predicted molar refractivity (Wildman–Crippen MR) is 116 cm³/mol. The minimum Gasteiger partial charge on any atom is -0.484 e. The van der Waals surface area contributed by atoms with E-state index in [1.165, 1.54) is 16.7 Å². The number of aromatic nitrogens is 4. The minimum absolute atomic E-state index is 0.101. The Labute approximate surface area is 185 Å². The molecule has 9 nitrogen and oxygen atoms in total. The molecule has 156 valence electrons. The molecule has 1 heterocycles. The van der Waals surface area contributed by atoms with Crippen LogP contribution in [0.5, 0.6) is 5.75 Å². The number of halogens is 1. The molecule has 0 unspecified atom stereocenters. The number of nitrogens with zero attached hydrogens (tertiary/aromatic N) is 5. The van der Waals surface area contributed by atoms with Gasteiger partial charge in [0.15, 0.2) is 6.61 Å². The van der Waals surface area contributed by atoms with Crippen LogP contribution in [-0.2, 0) is 11.8 Å². The highest BCUT2D eigenvalue weighted by atomic mass is 79.9. The number of carbonyl (C=O) groups excluding carboxylic acids is 2. The van der Waals surface area contributed by atoms with Crippen LogP contribution in [0.1, 0.15) is 10.4 Å². The Balaban J connectivity index is 1.76. The molecule has 3 aromatic rings. The molecule has 0 aliphatic carbocycles.